The predicted molar refractivity (Wildman–Crippen MR) is 173 cm³/mol. The first-order valence-electron chi connectivity index (χ1n) is 14.9. The van der Waals surface area contributed by atoms with Crippen LogP contribution in [-0.4, -0.2) is 70.0 Å². The minimum absolute atomic E-state index is 0.0544. The van der Waals surface area contributed by atoms with Gasteiger partial charge in [-0.15, -0.1) is 24.9 Å². The first kappa shape index (κ1) is 29.2. The number of carbonyl (C=O) groups excluding carboxylic acids is 3. The Bertz CT molecular complexity index is 1560. The molecule has 6 rings (SSSR count). The molecule has 43 heavy (non-hydrogen) atoms. The molecule has 3 saturated heterocycles. The predicted octanol–water partition coefficient (Wildman–Crippen LogP) is 5.05. The molecule has 0 aromatic heterocycles. The van der Waals surface area contributed by atoms with Crippen molar-refractivity contribution in [3.63, 3.8) is 0 Å². The molecular formula is C35H37N3O4S. The lowest BCUT2D eigenvalue weighted by molar-refractivity contribution is -0.139. The van der Waals surface area contributed by atoms with Gasteiger partial charge in [-0.1, -0.05) is 60.7 Å². The van der Waals surface area contributed by atoms with Gasteiger partial charge in [-0.3, -0.25) is 14.4 Å². The van der Waals surface area contributed by atoms with E-state index in [1.807, 2.05) is 72.8 Å². The Kier molecular flexibility index (Phi) is 8.16. The number of likely N-dealkylation sites (tertiary alicyclic amines) is 1. The average Bonchev–Trinajstić information content (AvgIpc) is 3.68. The van der Waals surface area contributed by atoms with Crippen LogP contribution in [-0.2, 0) is 14.4 Å². The summed E-state index contributed by atoms with van der Waals surface area (Å²) >= 11 is 1.66. The van der Waals surface area contributed by atoms with E-state index < -0.39 is 22.6 Å². The molecule has 1 spiro atoms. The molecule has 0 aliphatic carbocycles. The number of aliphatic hydroxyl groups is 1. The first-order chi connectivity index (χ1) is 20.9. The molecule has 2 bridgehead atoms. The van der Waals surface area contributed by atoms with Crippen LogP contribution in [0.4, 0.5) is 11.4 Å². The van der Waals surface area contributed by atoms with Gasteiger partial charge in [0.15, 0.2) is 0 Å². The van der Waals surface area contributed by atoms with E-state index >= 15 is 0 Å². The van der Waals surface area contributed by atoms with Crippen LogP contribution in [0.1, 0.15) is 19.3 Å². The second kappa shape index (κ2) is 12.0. The van der Waals surface area contributed by atoms with E-state index in [0.29, 0.717) is 19.4 Å². The Morgan fingerprint density at radius 3 is 2.30 bits per heavy atom. The molecule has 7 nitrogen and oxygen atoms in total. The number of amides is 3. The Balaban J connectivity index is 1.40. The molecule has 222 valence electrons. The Labute approximate surface area is 256 Å². The molecule has 0 saturated carbocycles. The van der Waals surface area contributed by atoms with Gasteiger partial charge in [0, 0.05) is 42.9 Å². The minimum Gasteiger partial charge on any atom is -0.396 e. The molecule has 0 radical (unpaired) electrons. The highest BCUT2D eigenvalue weighted by atomic mass is 32.2. The number of nitrogens with zero attached hydrogens (tertiary/aromatic N) is 3. The number of fused-ring (bicyclic) bond motifs is 2. The highest BCUT2D eigenvalue weighted by Crippen LogP contribution is 2.66. The van der Waals surface area contributed by atoms with E-state index in [0.717, 1.165) is 28.6 Å². The van der Waals surface area contributed by atoms with Gasteiger partial charge in [-0.2, -0.15) is 0 Å². The lowest BCUT2D eigenvalue weighted by Gasteiger charge is -2.37. The van der Waals surface area contributed by atoms with E-state index in [-0.39, 0.29) is 42.7 Å². The van der Waals surface area contributed by atoms with Crippen molar-refractivity contribution in [3.8, 4) is 0 Å². The second-order valence-electron chi connectivity index (χ2n) is 11.5. The highest BCUT2D eigenvalue weighted by molar-refractivity contribution is 8.02. The van der Waals surface area contributed by atoms with Gasteiger partial charge in [0.1, 0.15) is 6.04 Å². The number of hydrogen-bond acceptors (Lipinski definition) is 5. The zero-order chi connectivity index (χ0) is 30.1. The van der Waals surface area contributed by atoms with Crippen LogP contribution < -0.4 is 9.80 Å². The summed E-state index contributed by atoms with van der Waals surface area (Å²) in [4.78, 5) is 48.5. The summed E-state index contributed by atoms with van der Waals surface area (Å²) in [6, 6.07) is 22.7. The lowest BCUT2D eigenvalue weighted by Crippen LogP contribution is -2.55. The number of rotatable bonds is 11. The van der Waals surface area contributed by atoms with Crippen LogP contribution in [0.2, 0.25) is 0 Å². The topological polar surface area (TPSA) is 81.2 Å². The normalized spacial score (nSPS) is 25.5. The highest BCUT2D eigenvalue weighted by Gasteiger charge is 2.74. The van der Waals surface area contributed by atoms with Gasteiger partial charge < -0.3 is 19.8 Å². The third-order valence-corrected chi connectivity index (χ3v) is 11.1. The largest absolute Gasteiger partial charge is 0.396 e. The van der Waals surface area contributed by atoms with E-state index in [1.54, 1.807) is 38.6 Å². The molecule has 2 unspecified atom stereocenters. The third-order valence-electron chi connectivity index (χ3n) is 9.14. The van der Waals surface area contributed by atoms with Gasteiger partial charge >= 0.3 is 0 Å². The average molecular weight is 596 g/mol. The Morgan fingerprint density at radius 2 is 1.60 bits per heavy atom. The smallest absolute Gasteiger partial charge is 0.251 e. The first-order valence-corrected chi connectivity index (χ1v) is 15.8. The molecule has 3 aliphatic heterocycles. The monoisotopic (exact) mass is 595 g/mol. The summed E-state index contributed by atoms with van der Waals surface area (Å²) < 4.78 is -0.721. The van der Waals surface area contributed by atoms with Crippen LogP contribution in [0.15, 0.2) is 98.1 Å². The van der Waals surface area contributed by atoms with Crippen LogP contribution in [0.3, 0.4) is 0 Å². The maximum absolute atomic E-state index is 14.8. The molecule has 5 atom stereocenters. The van der Waals surface area contributed by atoms with E-state index in [9.17, 15) is 19.5 Å². The van der Waals surface area contributed by atoms with Crippen LogP contribution >= 0.6 is 11.8 Å². The number of benzene rings is 3. The van der Waals surface area contributed by atoms with Crippen LogP contribution in [0, 0.1) is 11.8 Å². The van der Waals surface area contributed by atoms with Gasteiger partial charge in [0.05, 0.1) is 16.6 Å². The summed E-state index contributed by atoms with van der Waals surface area (Å²) in [6.07, 6.45) is 5.20. The van der Waals surface area contributed by atoms with Crippen molar-refractivity contribution in [3.05, 3.63) is 98.1 Å². The number of aliphatic hydroxyl groups excluding tert-OH is 1. The molecule has 8 heteroatoms. The molecule has 3 fully saturated rings. The van der Waals surface area contributed by atoms with Gasteiger partial charge in [-0.25, -0.2) is 0 Å². The van der Waals surface area contributed by atoms with Crippen molar-refractivity contribution in [2.45, 2.75) is 35.3 Å². The zero-order valence-electron chi connectivity index (χ0n) is 24.2. The van der Waals surface area contributed by atoms with Crippen molar-refractivity contribution in [1.29, 1.82) is 0 Å². The summed E-state index contributed by atoms with van der Waals surface area (Å²) in [5, 5.41) is 11.8. The molecule has 3 aromatic rings. The minimum atomic E-state index is -0.750. The number of thioether (sulfide) groups is 1. The van der Waals surface area contributed by atoms with Crippen molar-refractivity contribution >= 4 is 51.6 Å². The fourth-order valence-electron chi connectivity index (χ4n) is 7.38. The van der Waals surface area contributed by atoms with Crippen molar-refractivity contribution in [1.82, 2.24) is 4.90 Å². The summed E-state index contributed by atoms with van der Waals surface area (Å²) in [5.74, 6) is -1.60. The third kappa shape index (κ3) is 4.86. The molecule has 3 amide bonds. The second-order valence-corrected chi connectivity index (χ2v) is 13.1. The van der Waals surface area contributed by atoms with Crippen LogP contribution in [0.5, 0.6) is 0 Å². The molecular weight excluding hydrogens is 558 g/mol. The maximum atomic E-state index is 14.8. The van der Waals surface area contributed by atoms with Crippen molar-refractivity contribution in [2.24, 2.45) is 11.8 Å². The lowest BCUT2D eigenvalue weighted by atomic mass is 9.70. The Hall–Kier alpha value is -3.88. The van der Waals surface area contributed by atoms with E-state index in [1.165, 1.54) is 0 Å². The fourth-order valence-corrected chi connectivity index (χ4v) is 9.59. The standard InChI is InChI=1S/C35H37N3O4S/c1-3-19-36(26-13-6-5-7-14-26)32(40)29-28-17-18-35(43-28)30(29)33(41)38(21-10-22-39)31(35)34(42)37(20-4-2)27-16-15-24-11-8-9-12-25(24)23-27/h3-9,11-16,23,28-31,39H,1-2,10,17-22H2/t28-,29+,30-,31?,35?/m0/s1. The number of carbonyl (C=O) groups is 3. The van der Waals surface area contributed by atoms with Crippen LogP contribution in [0.25, 0.3) is 10.8 Å². The summed E-state index contributed by atoms with van der Waals surface area (Å²) in [6.45, 7) is 8.57. The zero-order valence-corrected chi connectivity index (χ0v) is 25.0. The van der Waals surface area contributed by atoms with Crippen molar-refractivity contribution in [2.75, 3.05) is 36.0 Å². The van der Waals surface area contributed by atoms with Gasteiger partial charge in [-0.05, 0) is 54.3 Å². The summed E-state index contributed by atoms with van der Waals surface area (Å²) in [7, 11) is 0. The number of hydrogen-bond donors (Lipinski definition) is 1. The molecule has 3 aliphatic rings. The Morgan fingerprint density at radius 1 is 0.930 bits per heavy atom. The molecule has 1 N–H and O–H groups in total. The quantitative estimate of drug-likeness (QED) is 0.314. The number of para-hydroxylation sites is 1. The van der Waals surface area contributed by atoms with Crippen molar-refractivity contribution < 1.29 is 19.5 Å². The maximum Gasteiger partial charge on any atom is 0.251 e. The number of anilines is 2. The SMILES string of the molecule is C=CCN(C(=O)C1N(CCCO)C(=O)[C@@H]2[C@H](C(=O)N(CC=C)c3ccccc3)[C@@H]3CCC12S3)c1ccc2ccccc2c1. The fraction of sp³-hybridized carbons (Fsp3) is 0.343. The molecule has 3 heterocycles. The van der Waals surface area contributed by atoms with E-state index in [4.69, 9.17) is 0 Å². The van der Waals surface area contributed by atoms with Gasteiger partial charge in [0.25, 0.3) is 5.91 Å². The van der Waals surface area contributed by atoms with Gasteiger partial charge in [0.2, 0.25) is 11.8 Å². The summed E-state index contributed by atoms with van der Waals surface area (Å²) in [5.41, 5.74) is 1.50. The van der Waals surface area contributed by atoms with E-state index in [2.05, 4.69) is 13.2 Å². The molecule has 3 aromatic carbocycles.